The number of hydrogen-bond acceptors (Lipinski definition) is 4. The van der Waals surface area contributed by atoms with Gasteiger partial charge >= 0.3 is 0 Å². The van der Waals surface area contributed by atoms with Gasteiger partial charge in [-0.3, -0.25) is 4.90 Å². The number of nitrogens with zero attached hydrogens (tertiary/aromatic N) is 3. The zero-order chi connectivity index (χ0) is 10.1. The molecule has 0 amide bonds. The summed E-state index contributed by atoms with van der Waals surface area (Å²) in [5.41, 5.74) is 8.13. The molecule has 1 aromatic heterocycles. The van der Waals surface area contributed by atoms with Crippen LogP contribution < -0.4 is 5.73 Å². The van der Waals surface area contributed by atoms with Crippen molar-refractivity contribution in [2.45, 2.75) is 26.6 Å². The van der Waals surface area contributed by atoms with E-state index < -0.39 is 0 Å². The van der Waals surface area contributed by atoms with Crippen LogP contribution in [0.25, 0.3) is 0 Å². The molecule has 78 valence electrons. The molecule has 0 saturated carbocycles. The van der Waals surface area contributed by atoms with Crippen molar-refractivity contribution in [3.05, 3.63) is 11.3 Å². The summed E-state index contributed by atoms with van der Waals surface area (Å²) in [6.45, 7) is 5.50. The molecule has 0 aliphatic carbocycles. The molecule has 0 unspecified atom stereocenters. The summed E-state index contributed by atoms with van der Waals surface area (Å²) in [6.07, 6.45) is 0. The minimum atomic E-state index is 0.0856. The first kappa shape index (κ1) is 9.48. The highest BCUT2D eigenvalue weighted by molar-refractivity contribution is 5.45. The third-order valence-corrected chi connectivity index (χ3v) is 2.69. The van der Waals surface area contributed by atoms with Crippen molar-refractivity contribution < 1.29 is 5.11 Å². The molecule has 14 heavy (non-hydrogen) atoms. The van der Waals surface area contributed by atoms with E-state index in [1.807, 2.05) is 0 Å². The predicted octanol–water partition coefficient (Wildman–Crippen LogP) is -0.207. The summed E-state index contributed by atoms with van der Waals surface area (Å²) in [4.78, 5) is 2.29. The van der Waals surface area contributed by atoms with E-state index in [2.05, 4.69) is 16.9 Å². The average molecular weight is 196 g/mol. The third-order valence-electron chi connectivity index (χ3n) is 2.69. The highest BCUT2D eigenvalue weighted by atomic mass is 16.3. The summed E-state index contributed by atoms with van der Waals surface area (Å²) < 4.78 is 1.69. The topological polar surface area (TPSA) is 67.3 Å². The molecule has 0 saturated heterocycles. The first-order chi connectivity index (χ1) is 6.76. The fraction of sp³-hybridized carbons (Fsp3) is 0.667. The van der Waals surface area contributed by atoms with Crippen LogP contribution >= 0.6 is 0 Å². The Hall–Kier alpha value is -1.07. The van der Waals surface area contributed by atoms with Gasteiger partial charge in [0.05, 0.1) is 18.8 Å². The lowest BCUT2D eigenvalue weighted by Crippen LogP contribution is -2.18. The maximum Gasteiger partial charge on any atom is 0.126 e. The second kappa shape index (κ2) is 3.59. The van der Waals surface area contributed by atoms with E-state index in [0.29, 0.717) is 12.4 Å². The molecule has 5 heteroatoms. The Bertz CT molecular complexity index is 334. The average Bonchev–Trinajstić information content (AvgIpc) is 2.69. The molecule has 0 atom stereocenters. The molecule has 2 heterocycles. The van der Waals surface area contributed by atoms with Crippen molar-refractivity contribution in [3.63, 3.8) is 0 Å². The van der Waals surface area contributed by atoms with Crippen molar-refractivity contribution in [1.82, 2.24) is 14.7 Å². The van der Waals surface area contributed by atoms with Gasteiger partial charge in [0.25, 0.3) is 0 Å². The molecule has 1 aromatic rings. The number of rotatable bonds is 3. The van der Waals surface area contributed by atoms with E-state index in [1.165, 1.54) is 0 Å². The van der Waals surface area contributed by atoms with Gasteiger partial charge in [-0.25, -0.2) is 4.68 Å². The normalized spacial score (nSPS) is 16.1. The van der Waals surface area contributed by atoms with Crippen LogP contribution in [-0.2, 0) is 19.6 Å². The van der Waals surface area contributed by atoms with Crippen molar-refractivity contribution in [1.29, 1.82) is 0 Å². The van der Waals surface area contributed by atoms with Gasteiger partial charge in [0.2, 0.25) is 0 Å². The standard InChI is InChI=1S/C9H16N4O/c1-2-12-5-7-8(6-12)11-13(3-4-14)9(7)10/h14H,2-6,10H2,1H3. The van der Waals surface area contributed by atoms with Gasteiger partial charge in [-0.1, -0.05) is 6.92 Å². The van der Waals surface area contributed by atoms with Crippen molar-refractivity contribution in [2.75, 3.05) is 18.9 Å². The molecule has 5 nitrogen and oxygen atoms in total. The molecule has 0 bridgehead atoms. The van der Waals surface area contributed by atoms with E-state index >= 15 is 0 Å². The second-order valence-electron chi connectivity index (χ2n) is 3.56. The van der Waals surface area contributed by atoms with Crippen LogP contribution in [0, 0.1) is 0 Å². The quantitative estimate of drug-likeness (QED) is 0.702. The second-order valence-corrected chi connectivity index (χ2v) is 3.56. The molecule has 0 spiro atoms. The predicted molar refractivity (Wildman–Crippen MR) is 53.5 cm³/mol. The first-order valence-corrected chi connectivity index (χ1v) is 4.93. The first-order valence-electron chi connectivity index (χ1n) is 4.93. The van der Waals surface area contributed by atoms with E-state index in [1.54, 1.807) is 4.68 Å². The summed E-state index contributed by atoms with van der Waals surface area (Å²) in [5, 5.41) is 13.2. The number of nitrogen functional groups attached to an aromatic ring is 1. The molecular weight excluding hydrogens is 180 g/mol. The number of nitrogens with two attached hydrogens (primary N) is 1. The molecule has 0 fully saturated rings. The Morgan fingerprint density at radius 2 is 2.29 bits per heavy atom. The van der Waals surface area contributed by atoms with Crippen LogP contribution in [0.15, 0.2) is 0 Å². The Balaban J connectivity index is 2.22. The summed E-state index contributed by atoms with van der Waals surface area (Å²) >= 11 is 0. The van der Waals surface area contributed by atoms with Gasteiger partial charge in [-0.15, -0.1) is 0 Å². The Morgan fingerprint density at radius 3 is 2.86 bits per heavy atom. The third kappa shape index (κ3) is 1.38. The number of fused-ring (bicyclic) bond motifs is 1. The molecule has 2 rings (SSSR count). The van der Waals surface area contributed by atoms with Crippen LogP contribution in [-0.4, -0.2) is 32.9 Å². The minimum absolute atomic E-state index is 0.0856. The van der Waals surface area contributed by atoms with Gasteiger partial charge in [0.1, 0.15) is 5.82 Å². The fourth-order valence-electron chi connectivity index (χ4n) is 1.84. The number of anilines is 1. The lowest BCUT2D eigenvalue weighted by atomic mass is 10.3. The van der Waals surface area contributed by atoms with E-state index in [9.17, 15) is 0 Å². The Morgan fingerprint density at radius 1 is 1.50 bits per heavy atom. The van der Waals surface area contributed by atoms with Gasteiger partial charge in [-0.05, 0) is 6.54 Å². The maximum absolute atomic E-state index is 8.81. The summed E-state index contributed by atoms with van der Waals surface area (Å²) in [5.74, 6) is 0.713. The van der Waals surface area contributed by atoms with Crippen molar-refractivity contribution in [2.24, 2.45) is 0 Å². The number of aliphatic hydroxyl groups excluding tert-OH is 1. The van der Waals surface area contributed by atoms with Gasteiger partial charge in [-0.2, -0.15) is 5.10 Å². The highest BCUT2D eigenvalue weighted by Gasteiger charge is 2.24. The molecule has 1 aliphatic heterocycles. The van der Waals surface area contributed by atoms with Crippen LogP contribution in [0.4, 0.5) is 5.82 Å². The van der Waals surface area contributed by atoms with Crippen molar-refractivity contribution >= 4 is 5.82 Å². The van der Waals surface area contributed by atoms with E-state index in [0.717, 1.165) is 30.9 Å². The van der Waals surface area contributed by atoms with Crippen LogP contribution in [0.3, 0.4) is 0 Å². The zero-order valence-electron chi connectivity index (χ0n) is 8.40. The zero-order valence-corrected chi connectivity index (χ0v) is 8.40. The molecule has 3 N–H and O–H groups in total. The lowest BCUT2D eigenvalue weighted by Gasteiger charge is -2.11. The summed E-state index contributed by atoms with van der Waals surface area (Å²) in [6, 6.07) is 0. The van der Waals surface area contributed by atoms with Crippen LogP contribution in [0.5, 0.6) is 0 Å². The van der Waals surface area contributed by atoms with Gasteiger partial charge < -0.3 is 10.8 Å². The molecule has 0 aromatic carbocycles. The SMILES string of the molecule is CCN1Cc2nn(CCO)c(N)c2C1. The van der Waals surface area contributed by atoms with Crippen LogP contribution in [0.1, 0.15) is 18.2 Å². The Labute approximate surface area is 83.1 Å². The fourth-order valence-corrected chi connectivity index (χ4v) is 1.84. The number of hydrogen-bond donors (Lipinski definition) is 2. The van der Waals surface area contributed by atoms with Gasteiger partial charge in [0.15, 0.2) is 0 Å². The lowest BCUT2D eigenvalue weighted by molar-refractivity contribution is 0.265. The van der Waals surface area contributed by atoms with Crippen LogP contribution in [0.2, 0.25) is 0 Å². The molecular formula is C9H16N4O. The van der Waals surface area contributed by atoms with E-state index in [-0.39, 0.29) is 6.61 Å². The molecule has 1 aliphatic rings. The number of aromatic nitrogens is 2. The van der Waals surface area contributed by atoms with Crippen molar-refractivity contribution in [3.8, 4) is 0 Å². The highest BCUT2D eigenvalue weighted by Crippen LogP contribution is 2.26. The monoisotopic (exact) mass is 196 g/mol. The largest absolute Gasteiger partial charge is 0.394 e. The number of aliphatic hydroxyl groups is 1. The Kier molecular flexibility index (Phi) is 2.43. The minimum Gasteiger partial charge on any atom is -0.394 e. The van der Waals surface area contributed by atoms with E-state index in [4.69, 9.17) is 10.8 Å². The summed E-state index contributed by atoms with van der Waals surface area (Å²) in [7, 11) is 0. The van der Waals surface area contributed by atoms with Gasteiger partial charge in [0, 0.05) is 18.7 Å². The maximum atomic E-state index is 8.81. The smallest absolute Gasteiger partial charge is 0.126 e. The molecule has 0 radical (unpaired) electrons.